The molecule has 0 spiro atoms. The van der Waals surface area contributed by atoms with Gasteiger partial charge in [0.15, 0.2) is 5.78 Å². The lowest BCUT2D eigenvalue weighted by Crippen LogP contribution is -1.98. The first-order chi connectivity index (χ1) is 13.8. The van der Waals surface area contributed by atoms with Gasteiger partial charge in [0.05, 0.1) is 11.3 Å². The Hall–Kier alpha value is -3.47. The average molecular weight is 394 g/mol. The molecule has 0 aliphatic heterocycles. The predicted molar refractivity (Wildman–Crippen MR) is 114 cm³/mol. The van der Waals surface area contributed by atoms with Gasteiger partial charge in [0.2, 0.25) is 0 Å². The first-order valence-corrected chi connectivity index (χ1v) is 9.36. The van der Waals surface area contributed by atoms with E-state index in [4.69, 9.17) is 0 Å². The Kier molecular flexibility index (Phi) is 7.66. The minimum Gasteiger partial charge on any atom is -0.513 e. The van der Waals surface area contributed by atoms with Crippen LogP contribution < -0.4 is 0 Å². The van der Waals surface area contributed by atoms with Crippen molar-refractivity contribution in [3.63, 3.8) is 0 Å². The maximum absolute atomic E-state index is 12.5. The number of aliphatic hydroxyl groups excluding tert-OH is 1. The highest BCUT2D eigenvalue weighted by Gasteiger charge is 2.15. The van der Waals surface area contributed by atoms with Crippen LogP contribution in [0.3, 0.4) is 0 Å². The number of allylic oxidation sites excluding steroid dienone is 5. The van der Waals surface area contributed by atoms with Crippen molar-refractivity contribution in [3.8, 4) is 17.2 Å². The second kappa shape index (κ2) is 10.2. The maximum Gasteiger partial charge on any atom is 0.189 e. The fraction of sp³-hybridized carbons (Fsp3) is 0.208. The number of aliphatic hydroxyl groups is 1. The van der Waals surface area contributed by atoms with Crippen molar-refractivity contribution in [2.45, 2.75) is 33.1 Å². The van der Waals surface area contributed by atoms with Crippen molar-refractivity contribution >= 4 is 11.9 Å². The summed E-state index contributed by atoms with van der Waals surface area (Å²) >= 11 is 0. The zero-order valence-electron chi connectivity index (χ0n) is 16.6. The number of hydrogen-bond donors (Lipinski definition) is 4. The molecule has 2 aromatic rings. The van der Waals surface area contributed by atoms with Crippen molar-refractivity contribution in [2.75, 3.05) is 0 Å². The molecule has 0 atom stereocenters. The van der Waals surface area contributed by atoms with Crippen LogP contribution in [0.2, 0.25) is 0 Å². The molecular formula is C24H26O5. The number of carbonyl (C=O) groups excluding carboxylic acids is 1. The van der Waals surface area contributed by atoms with Gasteiger partial charge in [-0.2, -0.15) is 0 Å². The van der Waals surface area contributed by atoms with Gasteiger partial charge >= 0.3 is 0 Å². The van der Waals surface area contributed by atoms with Gasteiger partial charge in [0.25, 0.3) is 0 Å². The van der Waals surface area contributed by atoms with E-state index in [1.165, 1.54) is 30.3 Å². The van der Waals surface area contributed by atoms with Gasteiger partial charge in [0, 0.05) is 12.0 Å². The van der Waals surface area contributed by atoms with E-state index in [-0.39, 0.29) is 34.8 Å². The Balaban J connectivity index is 2.16. The third kappa shape index (κ3) is 6.28. The quantitative estimate of drug-likeness (QED) is 0.207. The van der Waals surface area contributed by atoms with E-state index in [9.17, 15) is 25.2 Å². The summed E-state index contributed by atoms with van der Waals surface area (Å²) in [6.45, 7) is 3.68. The van der Waals surface area contributed by atoms with Crippen LogP contribution in [-0.4, -0.2) is 26.2 Å². The Morgan fingerprint density at radius 3 is 2.34 bits per heavy atom. The number of hydrogen-bond acceptors (Lipinski definition) is 5. The second-order valence-electron chi connectivity index (χ2n) is 6.78. The van der Waals surface area contributed by atoms with Gasteiger partial charge in [-0.15, -0.1) is 0 Å². The zero-order valence-corrected chi connectivity index (χ0v) is 16.6. The first kappa shape index (κ1) is 21.8. The van der Waals surface area contributed by atoms with Crippen LogP contribution in [0, 0.1) is 0 Å². The topological polar surface area (TPSA) is 98.0 Å². The van der Waals surface area contributed by atoms with Crippen LogP contribution in [0.5, 0.6) is 17.2 Å². The van der Waals surface area contributed by atoms with Crippen LogP contribution in [-0.2, 0) is 6.42 Å². The molecule has 0 fully saturated rings. The molecule has 0 saturated heterocycles. The molecule has 29 heavy (non-hydrogen) atoms. The Labute approximate surface area is 170 Å². The van der Waals surface area contributed by atoms with Gasteiger partial charge in [-0.05, 0) is 68.7 Å². The van der Waals surface area contributed by atoms with Crippen LogP contribution >= 0.6 is 0 Å². The molecule has 0 heterocycles. The molecule has 4 N–H and O–H groups in total. The number of rotatable bonds is 8. The summed E-state index contributed by atoms with van der Waals surface area (Å²) in [4.78, 5) is 12.5. The highest BCUT2D eigenvalue weighted by molar-refractivity contribution is 6.09. The van der Waals surface area contributed by atoms with Crippen molar-refractivity contribution in [1.82, 2.24) is 0 Å². The number of phenolic OH excluding ortho intramolecular Hbond substituents is 3. The van der Waals surface area contributed by atoms with Crippen molar-refractivity contribution in [3.05, 3.63) is 82.6 Å². The van der Waals surface area contributed by atoms with E-state index >= 15 is 0 Å². The normalized spacial score (nSPS) is 12.5. The van der Waals surface area contributed by atoms with E-state index < -0.39 is 5.78 Å². The summed E-state index contributed by atoms with van der Waals surface area (Å²) in [6.07, 6.45) is 7.88. The predicted octanol–water partition coefficient (Wildman–Crippen LogP) is 5.43. The van der Waals surface area contributed by atoms with Gasteiger partial charge in [0.1, 0.15) is 17.2 Å². The van der Waals surface area contributed by atoms with Crippen LogP contribution in [0.1, 0.15) is 48.2 Å². The average Bonchev–Trinajstić information content (AvgIpc) is 2.71. The van der Waals surface area contributed by atoms with Gasteiger partial charge < -0.3 is 20.4 Å². The molecule has 0 amide bonds. The maximum atomic E-state index is 12.5. The van der Waals surface area contributed by atoms with Gasteiger partial charge in [-0.3, -0.25) is 4.79 Å². The summed E-state index contributed by atoms with van der Waals surface area (Å²) in [5, 5.41) is 39.4. The molecule has 0 unspecified atom stereocenters. The van der Waals surface area contributed by atoms with Crippen molar-refractivity contribution in [2.24, 2.45) is 0 Å². The van der Waals surface area contributed by atoms with E-state index in [0.29, 0.717) is 18.6 Å². The third-order valence-electron chi connectivity index (χ3n) is 4.61. The summed E-state index contributed by atoms with van der Waals surface area (Å²) in [7, 11) is 0. The summed E-state index contributed by atoms with van der Waals surface area (Å²) in [6, 6.07) is 9.15. The number of benzene rings is 2. The summed E-state index contributed by atoms with van der Waals surface area (Å²) < 4.78 is 0. The molecule has 0 saturated carbocycles. The number of aromatic hydroxyl groups is 3. The largest absolute Gasteiger partial charge is 0.513 e. The summed E-state index contributed by atoms with van der Waals surface area (Å²) in [5.74, 6) is -0.266. The smallest absolute Gasteiger partial charge is 0.189 e. The molecular weight excluding hydrogens is 368 g/mol. The standard InChI is InChI=1S/C24H26O5/c1-3-18(25)9-4-16(2)5-12-20-23(28)15-13-21(24(20)29)22(27)14-8-17-6-10-19(26)11-7-17/h3,5-8,10-11,13-15,25-26,28-29H,4,9,12H2,1-2H3/b14-8+,16-5+,18-3-. The molecule has 2 rings (SSSR count). The molecule has 0 bridgehead atoms. The number of carbonyl (C=O) groups is 1. The highest BCUT2D eigenvalue weighted by Crippen LogP contribution is 2.32. The van der Waals surface area contributed by atoms with Crippen LogP contribution in [0.15, 0.2) is 66.0 Å². The van der Waals surface area contributed by atoms with E-state index in [1.54, 1.807) is 31.2 Å². The lowest BCUT2D eigenvalue weighted by atomic mass is 9.99. The second-order valence-corrected chi connectivity index (χ2v) is 6.78. The van der Waals surface area contributed by atoms with Gasteiger partial charge in [-0.1, -0.05) is 29.9 Å². The zero-order chi connectivity index (χ0) is 21.4. The minimum absolute atomic E-state index is 0.0816. The first-order valence-electron chi connectivity index (χ1n) is 9.36. The van der Waals surface area contributed by atoms with Crippen LogP contribution in [0.4, 0.5) is 0 Å². The third-order valence-corrected chi connectivity index (χ3v) is 4.61. The fourth-order valence-corrected chi connectivity index (χ4v) is 2.72. The highest BCUT2D eigenvalue weighted by atomic mass is 16.3. The molecule has 2 aromatic carbocycles. The lowest BCUT2D eigenvalue weighted by Gasteiger charge is -2.09. The fourth-order valence-electron chi connectivity index (χ4n) is 2.72. The van der Waals surface area contributed by atoms with E-state index in [1.807, 2.05) is 13.0 Å². The Bertz CT molecular complexity index is 950. The Morgan fingerprint density at radius 2 is 1.69 bits per heavy atom. The van der Waals surface area contributed by atoms with E-state index in [0.717, 1.165) is 11.1 Å². The molecule has 0 aliphatic rings. The monoisotopic (exact) mass is 394 g/mol. The molecule has 0 aromatic heterocycles. The molecule has 152 valence electrons. The minimum atomic E-state index is -0.393. The molecule has 0 radical (unpaired) electrons. The van der Waals surface area contributed by atoms with Crippen LogP contribution in [0.25, 0.3) is 6.08 Å². The summed E-state index contributed by atoms with van der Waals surface area (Å²) in [5.41, 5.74) is 2.12. The molecule has 0 aliphatic carbocycles. The molecule has 5 heteroatoms. The SMILES string of the molecule is C/C=C(\O)CC/C(C)=C/Cc1c(O)ccc(C(=O)/C=C/c2ccc(O)cc2)c1O. The van der Waals surface area contributed by atoms with Crippen molar-refractivity contribution in [1.29, 1.82) is 0 Å². The van der Waals surface area contributed by atoms with E-state index in [2.05, 4.69) is 0 Å². The Morgan fingerprint density at radius 1 is 1.00 bits per heavy atom. The van der Waals surface area contributed by atoms with Crippen molar-refractivity contribution < 1.29 is 25.2 Å². The lowest BCUT2D eigenvalue weighted by molar-refractivity contribution is 0.104. The van der Waals surface area contributed by atoms with Gasteiger partial charge in [-0.25, -0.2) is 0 Å². The molecule has 5 nitrogen and oxygen atoms in total. The number of ketones is 1. The number of phenols is 3.